The van der Waals surface area contributed by atoms with Crippen LogP contribution in [0.4, 0.5) is 0 Å². The summed E-state index contributed by atoms with van der Waals surface area (Å²) < 4.78 is 31.8. The van der Waals surface area contributed by atoms with Gasteiger partial charge in [0.25, 0.3) is 5.91 Å². The first kappa shape index (κ1) is 22.0. The number of carbonyl (C=O) groups excluding carboxylic acids is 1. The zero-order valence-corrected chi connectivity index (χ0v) is 17.3. The van der Waals surface area contributed by atoms with Crippen molar-refractivity contribution in [3.8, 4) is 0 Å². The molecule has 1 amide bonds. The summed E-state index contributed by atoms with van der Waals surface area (Å²) in [5.41, 5.74) is 2.46. The van der Waals surface area contributed by atoms with Crippen LogP contribution < -0.4 is 10.0 Å². The van der Waals surface area contributed by atoms with Crippen LogP contribution in [0.3, 0.4) is 0 Å². The first-order valence-corrected chi connectivity index (χ1v) is 10.4. The van der Waals surface area contributed by atoms with Crippen LogP contribution in [0.2, 0.25) is 0 Å². The molecule has 28 heavy (non-hydrogen) atoms. The molecular weight excluding hydrogens is 378 g/mol. The average molecular weight is 406 g/mol. The van der Waals surface area contributed by atoms with Crippen LogP contribution in [0, 0.1) is 0 Å². The second-order valence-electron chi connectivity index (χ2n) is 6.66. The van der Waals surface area contributed by atoms with Crippen molar-refractivity contribution >= 4 is 15.9 Å². The van der Waals surface area contributed by atoms with E-state index in [1.54, 1.807) is 12.1 Å². The molecule has 2 aromatic rings. The summed E-state index contributed by atoms with van der Waals surface area (Å²) in [6, 6.07) is 14.0. The largest absolute Gasteiger partial charge is 0.383 e. The van der Waals surface area contributed by atoms with Crippen molar-refractivity contribution in [1.29, 1.82) is 0 Å². The average Bonchev–Trinajstić information content (AvgIpc) is 2.67. The maximum absolute atomic E-state index is 12.4. The van der Waals surface area contributed by atoms with Crippen LogP contribution in [-0.2, 0) is 27.8 Å². The van der Waals surface area contributed by atoms with Crippen molar-refractivity contribution < 1.29 is 17.9 Å². The summed E-state index contributed by atoms with van der Waals surface area (Å²) in [4.78, 5) is 14.5. The lowest BCUT2D eigenvalue weighted by Crippen LogP contribution is -2.28. The minimum atomic E-state index is -3.68. The number of nitrogens with zero attached hydrogens (tertiary/aromatic N) is 1. The summed E-state index contributed by atoms with van der Waals surface area (Å²) >= 11 is 0. The molecule has 0 aromatic heterocycles. The van der Waals surface area contributed by atoms with Crippen molar-refractivity contribution in [2.24, 2.45) is 0 Å². The highest BCUT2D eigenvalue weighted by Crippen LogP contribution is 2.12. The van der Waals surface area contributed by atoms with Gasteiger partial charge in [0, 0.05) is 32.3 Å². The molecule has 0 heterocycles. The molecule has 152 valence electrons. The van der Waals surface area contributed by atoms with Gasteiger partial charge in [-0.05, 0) is 43.4 Å². The molecule has 0 saturated heterocycles. The van der Waals surface area contributed by atoms with E-state index in [9.17, 15) is 13.2 Å². The first-order valence-electron chi connectivity index (χ1n) is 8.91. The smallest absolute Gasteiger partial charge is 0.251 e. The minimum absolute atomic E-state index is 0.0456. The van der Waals surface area contributed by atoms with E-state index in [-0.39, 0.29) is 24.0 Å². The number of nitrogens with one attached hydrogen (secondary N) is 2. The predicted molar refractivity (Wildman–Crippen MR) is 109 cm³/mol. The normalized spacial score (nSPS) is 11.6. The summed E-state index contributed by atoms with van der Waals surface area (Å²) in [5.74, 6) is -0.327. The number of rotatable bonds is 10. The van der Waals surface area contributed by atoms with Gasteiger partial charge in [-0.15, -0.1) is 0 Å². The van der Waals surface area contributed by atoms with Gasteiger partial charge >= 0.3 is 0 Å². The van der Waals surface area contributed by atoms with Crippen LogP contribution in [0.25, 0.3) is 0 Å². The standard InChI is InChI=1S/C20H27N3O4S/c1-23(2)15-17-9-7-16(8-10-17)14-21-20(24)18-5-4-6-19(13-18)28(25,26)22-11-12-27-3/h4-10,13,22H,11-12,14-15H2,1-3H3,(H,21,24). The number of methoxy groups -OCH3 is 1. The number of benzene rings is 2. The Labute approximate surface area is 166 Å². The van der Waals surface area contributed by atoms with Gasteiger partial charge in [-0.3, -0.25) is 4.79 Å². The topological polar surface area (TPSA) is 87.7 Å². The molecular formula is C20H27N3O4S. The van der Waals surface area contributed by atoms with Gasteiger partial charge in [0.1, 0.15) is 0 Å². The fourth-order valence-corrected chi connectivity index (χ4v) is 3.64. The van der Waals surface area contributed by atoms with Crippen molar-refractivity contribution in [2.45, 2.75) is 18.0 Å². The summed E-state index contributed by atoms with van der Waals surface area (Å²) in [6.07, 6.45) is 0. The molecule has 0 aliphatic rings. The highest BCUT2D eigenvalue weighted by molar-refractivity contribution is 7.89. The van der Waals surface area contributed by atoms with Crippen LogP contribution in [0.15, 0.2) is 53.4 Å². The number of carbonyl (C=O) groups is 1. The lowest BCUT2D eigenvalue weighted by atomic mass is 10.1. The minimum Gasteiger partial charge on any atom is -0.383 e. The molecule has 2 rings (SSSR count). The zero-order chi connectivity index (χ0) is 20.6. The highest BCUT2D eigenvalue weighted by atomic mass is 32.2. The third-order valence-electron chi connectivity index (χ3n) is 3.98. The molecule has 7 nitrogen and oxygen atoms in total. The van der Waals surface area contributed by atoms with Crippen LogP contribution in [-0.4, -0.2) is 53.6 Å². The van der Waals surface area contributed by atoms with E-state index < -0.39 is 10.0 Å². The molecule has 2 aromatic carbocycles. The number of hydrogen-bond acceptors (Lipinski definition) is 5. The Bertz CT molecular complexity index is 881. The van der Waals surface area contributed by atoms with Crippen molar-refractivity contribution in [1.82, 2.24) is 14.9 Å². The Kier molecular flexibility index (Phi) is 8.13. The third kappa shape index (κ3) is 6.72. The third-order valence-corrected chi connectivity index (χ3v) is 5.44. The molecule has 0 aliphatic carbocycles. The molecule has 2 N–H and O–H groups in total. The molecule has 0 bridgehead atoms. The summed E-state index contributed by atoms with van der Waals surface area (Å²) in [6.45, 7) is 1.66. The monoisotopic (exact) mass is 405 g/mol. The van der Waals surface area contributed by atoms with Crippen molar-refractivity contribution in [2.75, 3.05) is 34.4 Å². The van der Waals surface area contributed by atoms with Crippen LogP contribution in [0.1, 0.15) is 21.5 Å². The molecule has 0 atom stereocenters. The molecule has 0 radical (unpaired) electrons. The van der Waals surface area contributed by atoms with Gasteiger partial charge in [0.2, 0.25) is 10.0 Å². The second kappa shape index (κ2) is 10.3. The lowest BCUT2D eigenvalue weighted by Gasteiger charge is -2.11. The fourth-order valence-electron chi connectivity index (χ4n) is 2.58. The number of amides is 1. The van der Waals surface area contributed by atoms with Crippen molar-refractivity contribution in [3.05, 3.63) is 65.2 Å². The zero-order valence-electron chi connectivity index (χ0n) is 16.4. The van der Waals surface area contributed by atoms with Crippen LogP contribution >= 0.6 is 0 Å². The lowest BCUT2D eigenvalue weighted by molar-refractivity contribution is 0.0950. The Balaban J connectivity index is 1.99. The quantitative estimate of drug-likeness (QED) is 0.587. The van der Waals surface area contributed by atoms with E-state index in [1.165, 1.54) is 24.8 Å². The van der Waals surface area contributed by atoms with E-state index in [0.29, 0.717) is 12.1 Å². The maximum atomic E-state index is 12.4. The second-order valence-corrected chi connectivity index (χ2v) is 8.42. The molecule has 8 heteroatoms. The Morgan fingerprint density at radius 1 is 1.07 bits per heavy atom. The Hall–Kier alpha value is -2.26. The van der Waals surface area contributed by atoms with Gasteiger partial charge in [-0.1, -0.05) is 30.3 Å². The SMILES string of the molecule is COCCNS(=O)(=O)c1cccc(C(=O)NCc2ccc(CN(C)C)cc2)c1. The summed E-state index contributed by atoms with van der Waals surface area (Å²) in [5, 5.41) is 2.82. The molecule has 0 unspecified atom stereocenters. The summed E-state index contributed by atoms with van der Waals surface area (Å²) in [7, 11) is 1.83. The van der Waals surface area contributed by atoms with E-state index in [0.717, 1.165) is 12.1 Å². The van der Waals surface area contributed by atoms with Gasteiger partial charge in [-0.2, -0.15) is 0 Å². The van der Waals surface area contributed by atoms with Gasteiger partial charge in [-0.25, -0.2) is 13.1 Å². The molecule has 0 fully saturated rings. The predicted octanol–water partition coefficient (Wildman–Crippen LogP) is 1.60. The van der Waals surface area contributed by atoms with Gasteiger partial charge in [0.05, 0.1) is 11.5 Å². The molecule has 0 spiro atoms. The molecule has 0 aliphatic heterocycles. The number of sulfonamides is 1. The van der Waals surface area contributed by atoms with E-state index in [1.807, 2.05) is 38.4 Å². The van der Waals surface area contributed by atoms with E-state index in [4.69, 9.17) is 4.74 Å². The van der Waals surface area contributed by atoms with E-state index >= 15 is 0 Å². The maximum Gasteiger partial charge on any atom is 0.251 e. The van der Waals surface area contributed by atoms with E-state index in [2.05, 4.69) is 14.9 Å². The number of hydrogen-bond donors (Lipinski definition) is 2. The first-order chi connectivity index (χ1) is 13.3. The van der Waals surface area contributed by atoms with Gasteiger partial charge < -0.3 is 15.0 Å². The Morgan fingerprint density at radius 3 is 2.39 bits per heavy atom. The van der Waals surface area contributed by atoms with Crippen molar-refractivity contribution in [3.63, 3.8) is 0 Å². The fraction of sp³-hybridized carbons (Fsp3) is 0.350. The van der Waals surface area contributed by atoms with Crippen LogP contribution in [0.5, 0.6) is 0 Å². The highest BCUT2D eigenvalue weighted by Gasteiger charge is 2.15. The molecule has 0 saturated carbocycles. The number of ether oxygens (including phenoxy) is 1. The Morgan fingerprint density at radius 2 is 1.75 bits per heavy atom. The van der Waals surface area contributed by atoms with Gasteiger partial charge in [0.15, 0.2) is 0 Å².